The highest BCUT2D eigenvalue weighted by atomic mass is 35.5. The molecule has 3 rings (SSSR count). The van der Waals surface area contributed by atoms with Gasteiger partial charge in [-0.2, -0.15) is 0 Å². The summed E-state index contributed by atoms with van der Waals surface area (Å²) in [5.41, 5.74) is 1.88. The summed E-state index contributed by atoms with van der Waals surface area (Å²) < 4.78 is 0. The van der Waals surface area contributed by atoms with Crippen molar-refractivity contribution in [2.45, 2.75) is 25.0 Å². The Morgan fingerprint density at radius 2 is 1.89 bits per heavy atom. The molecule has 2 amide bonds. The lowest BCUT2D eigenvalue weighted by atomic mass is 10.1. The van der Waals surface area contributed by atoms with E-state index < -0.39 is 5.25 Å². The lowest BCUT2D eigenvalue weighted by Crippen LogP contribution is -2.36. The second-order valence-electron chi connectivity index (χ2n) is 6.36. The molecule has 2 aromatic carbocycles. The standard InChI is InChI=1S/C21H22ClN3O2S/c1-2-23-19(26)14-18-20(27)25(13-12-15-8-10-16(22)11-9-15)21(28-18)24-17-6-4-3-5-7-17/h3-11,18H,2,12-14H2,1H3,(H,23,26). The summed E-state index contributed by atoms with van der Waals surface area (Å²) in [6.07, 6.45) is 0.841. The third kappa shape index (κ3) is 5.36. The first kappa shape index (κ1) is 20.4. The number of benzene rings is 2. The molecule has 1 atom stereocenters. The fourth-order valence-electron chi connectivity index (χ4n) is 2.87. The van der Waals surface area contributed by atoms with Gasteiger partial charge in [-0.25, -0.2) is 4.99 Å². The van der Waals surface area contributed by atoms with Crippen molar-refractivity contribution < 1.29 is 9.59 Å². The number of amides is 2. The van der Waals surface area contributed by atoms with Gasteiger partial charge < -0.3 is 5.32 Å². The molecule has 0 bridgehead atoms. The Labute approximate surface area is 174 Å². The van der Waals surface area contributed by atoms with Crippen LogP contribution in [0.25, 0.3) is 0 Å². The average molecular weight is 416 g/mol. The second-order valence-corrected chi connectivity index (χ2v) is 7.97. The van der Waals surface area contributed by atoms with Gasteiger partial charge in [0.2, 0.25) is 11.8 Å². The quantitative estimate of drug-likeness (QED) is 0.742. The molecule has 0 aromatic heterocycles. The molecule has 7 heteroatoms. The molecule has 1 fully saturated rings. The van der Waals surface area contributed by atoms with E-state index >= 15 is 0 Å². The molecule has 1 N–H and O–H groups in total. The van der Waals surface area contributed by atoms with Crippen LogP contribution in [0.15, 0.2) is 59.6 Å². The number of hydrogen-bond acceptors (Lipinski definition) is 4. The van der Waals surface area contributed by atoms with Gasteiger partial charge in [0.05, 0.1) is 5.69 Å². The minimum absolute atomic E-state index is 0.0695. The van der Waals surface area contributed by atoms with Crippen LogP contribution in [0.5, 0.6) is 0 Å². The summed E-state index contributed by atoms with van der Waals surface area (Å²) in [7, 11) is 0. The maximum atomic E-state index is 12.9. The van der Waals surface area contributed by atoms with E-state index in [0.717, 1.165) is 11.3 Å². The number of hydrogen-bond donors (Lipinski definition) is 1. The van der Waals surface area contributed by atoms with Gasteiger partial charge >= 0.3 is 0 Å². The number of nitrogens with zero attached hydrogens (tertiary/aromatic N) is 2. The van der Waals surface area contributed by atoms with Crippen molar-refractivity contribution in [3.63, 3.8) is 0 Å². The van der Waals surface area contributed by atoms with Gasteiger partial charge in [0.15, 0.2) is 5.17 Å². The summed E-state index contributed by atoms with van der Waals surface area (Å²) in [6, 6.07) is 17.1. The molecule has 1 unspecified atom stereocenters. The summed E-state index contributed by atoms with van der Waals surface area (Å²) in [5.74, 6) is -0.188. The van der Waals surface area contributed by atoms with Crippen molar-refractivity contribution in [1.82, 2.24) is 10.2 Å². The first-order chi connectivity index (χ1) is 13.6. The fourth-order valence-corrected chi connectivity index (χ4v) is 4.18. The highest BCUT2D eigenvalue weighted by Crippen LogP contribution is 2.31. The van der Waals surface area contributed by atoms with Crippen molar-refractivity contribution in [3.8, 4) is 0 Å². The summed E-state index contributed by atoms with van der Waals surface area (Å²) in [5, 5.41) is 3.64. The molecule has 0 radical (unpaired) electrons. The Morgan fingerprint density at radius 3 is 2.57 bits per heavy atom. The third-order valence-corrected chi connectivity index (χ3v) is 5.71. The smallest absolute Gasteiger partial charge is 0.242 e. The molecule has 0 spiro atoms. The zero-order valence-electron chi connectivity index (χ0n) is 15.6. The van der Waals surface area contributed by atoms with Gasteiger partial charge in [0.25, 0.3) is 0 Å². The average Bonchev–Trinajstić information content (AvgIpc) is 2.97. The van der Waals surface area contributed by atoms with Crippen LogP contribution in [-0.2, 0) is 16.0 Å². The van der Waals surface area contributed by atoms with Gasteiger partial charge in [0.1, 0.15) is 5.25 Å². The van der Waals surface area contributed by atoms with Crippen LogP contribution >= 0.6 is 23.4 Å². The maximum Gasteiger partial charge on any atom is 0.242 e. The Bertz CT molecular complexity index is 856. The van der Waals surface area contributed by atoms with E-state index in [-0.39, 0.29) is 18.2 Å². The van der Waals surface area contributed by atoms with Crippen LogP contribution in [-0.4, -0.2) is 40.2 Å². The topological polar surface area (TPSA) is 61.8 Å². The second kappa shape index (κ2) is 9.75. The Morgan fingerprint density at radius 1 is 1.18 bits per heavy atom. The van der Waals surface area contributed by atoms with Gasteiger partial charge in [0, 0.05) is 24.5 Å². The number of carbonyl (C=O) groups excluding carboxylic acids is 2. The molecule has 1 saturated heterocycles. The van der Waals surface area contributed by atoms with Crippen LogP contribution in [0.4, 0.5) is 5.69 Å². The van der Waals surface area contributed by atoms with Crippen molar-refractivity contribution >= 4 is 46.0 Å². The number of para-hydroxylation sites is 1. The molecular formula is C21H22ClN3O2S. The summed E-state index contributed by atoms with van der Waals surface area (Å²) >= 11 is 7.30. The minimum Gasteiger partial charge on any atom is -0.356 e. The SMILES string of the molecule is CCNC(=O)CC1SC(=Nc2ccccc2)N(CCc2ccc(Cl)cc2)C1=O. The number of rotatable bonds is 7. The Hall–Kier alpha value is -2.31. The lowest BCUT2D eigenvalue weighted by molar-refractivity contribution is -0.129. The molecule has 0 aliphatic carbocycles. The number of amidine groups is 1. The third-order valence-electron chi connectivity index (χ3n) is 4.28. The number of nitrogens with one attached hydrogen (secondary N) is 1. The molecule has 0 saturated carbocycles. The monoisotopic (exact) mass is 415 g/mol. The van der Waals surface area contributed by atoms with E-state index in [0.29, 0.717) is 29.7 Å². The van der Waals surface area contributed by atoms with E-state index in [4.69, 9.17) is 11.6 Å². The number of thioether (sulfide) groups is 1. The van der Waals surface area contributed by atoms with Crippen molar-refractivity contribution in [1.29, 1.82) is 0 Å². The minimum atomic E-state index is -0.445. The highest BCUT2D eigenvalue weighted by Gasteiger charge is 2.38. The predicted octanol–water partition coefficient (Wildman–Crippen LogP) is 4.04. The lowest BCUT2D eigenvalue weighted by Gasteiger charge is -2.16. The van der Waals surface area contributed by atoms with Crippen LogP contribution < -0.4 is 5.32 Å². The van der Waals surface area contributed by atoms with E-state index in [1.165, 1.54) is 11.8 Å². The first-order valence-corrected chi connectivity index (χ1v) is 10.5. The normalized spacial score (nSPS) is 17.9. The van der Waals surface area contributed by atoms with Crippen molar-refractivity contribution in [2.75, 3.05) is 13.1 Å². The zero-order chi connectivity index (χ0) is 19.9. The molecule has 5 nitrogen and oxygen atoms in total. The molecule has 28 heavy (non-hydrogen) atoms. The molecule has 1 aliphatic heterocycles. The van der Waals surface area contributed by atoms with Crippen LogP contribution in [0, 0.1) is 0 Å². The van der Waals surface area contributed by atoms with Crippen LogP contribution in [0.1, 0.15) is 18.9 Å². The maximum absolute atomic E-state index is 12.9. The molecule has 146 valence electrons. The zero-order valence-corrected chi connectivity index (χ0v) is 17.2. The Kier molecular flexibility index (Phi) is 7.12. The van der Waals surface area contributed by atoms with Crippen LogP contribution in [0.3, 0.4) is 0 Å². The van der Waals surface area contributed by atoms with E-state index in [1.54, 1.807) is 4.90 Å². The number of carbonyl (C=O) groups is 2. The molecule has 2 aromatic rings. The summed E-state index contributed by atoms with van der Waals surface area (Å²) in [4.78, 5) is 31.3. The largest absolute Gasteiger partial charge is 0.356 e. The molecule has 1 aliphatic rings. The van der Waals surface area contributed by atoms with Crippen molar-refractivity contribution in [3.05, 3.63) is 65.2 Å². The molecular weight excluding hydrogens is 394 g/mol. The van der Waals surface area contributed by atoms with E-state index in [1.807, 2.05) is 61.5 Å². The number of aliphatic imine (C=N–C) groups is 1. The number of halogens is 1. The first-order valence-electron chi connectivity index (χ1n) is 9.19. The predicted molar refractivity (Wildman–Crippen MR) is 115 cm³/mol. The Balaban J connectivity index is 1.77. The van der Waals surface area contributed by atoms with Gasteiger partial charge in [-0.1, -0.05) is 53.7 Å². The highest BCUT2D eigenvalue weighted by molar-refractivity contribution is 8.15. The van der Waals surface area contributed by atoms with Gasteiger partial charge in [-0.05, 0) is 43.2 Å². The van der Waals surface area contributed by atoms with E-state index in [9.17, 15) is 9.59 Å². The van der Waals surface area contributed by atoms with Crippen LogP contribution in [0.2, 0.25) is 5.02 Å². The molecule has 1 heterocycles. The summed E-state index contributed by atoms with van der Waals surface area (Å²) in [6.45, 7) is 2.92. The fraction of sp³-hybridized carbons (Fsp3) is 0.286. The van der Waals surface area contributed by atoms with Crippen molar-refractivity contribution in [2.24, 2.45) is 4.99 Å². The van der Waals surface area contributed by atoms with E-state index in [2.05, 4.69) is 10.3 Å². The van der Waals surface area contributed by atoms with Gasteiger partial charge in [-0.15, -0.1) is 0 Å². The van der Waals surface area contributed by atoms with Gasteiger partial charge in [-0.3, -0.25) is 14.5 Å².